The van der Waals surface area contributed by atoms with Gasteiger partial charge in [-0.3, -0.25) is 4.79 Å². The summed E-state index contributed by atoms with van der Waals surface area (Å²) in [6.07, 6.45) is 7.25. The number of ketones is 1. The molecule has 0 N–H and O–H groups in total. The number of nitrogens with zero attached hydrogens (tertiary/aromatic N) is 1. The van der Waals surface area contributed by atoms with E-state index in [4.69, 9.17) is 4.74 Å². The number of Topliss-reactive ketones (excluding diaryl/α,β-unsaturated/α-hetero) is 1. The van der Waals surface area contributed by atoms with Crippen molar-refractivity contribution in [1.29, 1.82) is 0 Å². The highest BCUT2D eigenvalue weighted by atomic mass is 16.6. The van der Waals surface area contributed by atoms with Crippen molar-refractivity contribution in [2.75, 3.05) is 6.54 Å². The van der Waals surface area contributed by atoms with Crippen molar-refractivity contribution in [3.05, 3.63) is 0 Å². The number of fused-ring (bicyclic) bond motifs is 5. The van der Waals surface area contributed by atoms with E-state index in [9.17, 15) is 9.59 Å². The summed E-state index contributed by atoms with van der Waals surface area (Å²) in [5, 5.41) is 0. The number of ether oxygens (including phenoxy) is 1. The molecule has 0 radical (unpaired) electrons. The minimum Gasteiger partial charge on any atom is -0.444 e. The predicted molar refractivity (Wildman–Crippen MR) is 101 cm³/mol. The molecule has 4 heteroatoms. The van der Waals surface area contributed by atoms with Gasteiger partial charge < -0.3 is 9.64 Å². The second-order valence-electron chi connectivity index (χ2n) is 10.8. The van der Waals surface area contributed by atoms with Crippen LogP contribution in [0, 0.1) is 28.6 Å². The Morgan fingerprint density at radius 1 is 1.08 bits per heavy atom. The lowest BCUT2D eigenvalue weighted by molar-refractivity contribution is -0.134. The number of amides is 1. The molecule has 0 aromatic carbocycles. The molecule has 0 aromatic rings. The van der Waals surface area contributed by atoms with Crippen molar-refractivity contribution in [3.8, 4) is 0 Å². The highest BCUT2D eigenvalue weighted by Crippen LogP contribution is 2.64. The second kappa shape index (κ2) is 5.72. The highest BCUT2D eigenvalue weighted by molar-refractivity contribution is 5.87. The first-order valence-corrected chi connectivity index (χ1v) is 10.6. The van der Waals surface area contributed by atoms with Gasteiger partial charge in [0.05, 0.1) is 0 Å². The maximum Gasteiger partial charge on any atom is 0.410 e. The van der Waals surface area contributed by atoms with Crippen molar-refractivity contribution in [2.24, 2.45) is 28.6 Å². The Labute approximate surface area is 158 Å². The zero-order valence-electron chi connectivity index (χ0n) is 17.1. The standard InChI is InChI=1S/C22H35NO3/c1-20(2,3)26-19(25)23-13-12-21(4)16-10-11-22(5)15(7-9-18(22)24)14(16)6-8-17(21)23/h14-17H,6-13H2,1-5H3/t14-,15-,16-,17?,21+,22-/m0/s1. The molecule has 0 aromatic heterocycles. The van der Waals surface area contributed by atoms with E-state index in [1.54, 1.807) is 0 Å². The normalized spacial score (nSPS) is 45.1. The lowest BCUT2D eigenvalue weighted by Crippen LogP contribution is -2.55. The van der Waals surface area contributed by atoms with E-state index in [0.29, 0.717) is 29.6 Å². The van der Waals surface area contributed by atoms with Crippen molar-refractivity contribution in [3.63, 3.8) is 0 Å². The molecule has 4 nitrogen and oxygen atoms in total. The second-order valence-corrected chi connectivity index (χ2v) is 10.8. The summed E-state index contributed by atoms with van der Waals surface area (Å²) in [4.78, 5) is 27.3. The number of likely N-dealkylation sites (tertiary alicyclic amines) is 1. The molecule has 0 spiro atoms. The summed E-state index contributed by atoms with van der Waals surface area (Å²) in [6.45, 7) is 11.3. The molecule has 6 atom stereocenters. The van der Waals surface area contributed by atoms with Crippen molar-refractivity contribution in [1.82, 2.24) is 4.90 Å². The molecule has 0 bridgehead atoms. The van der Waals surface area contributed by atoms with E-state index in [2.05, 4.69) is 13.8 Å². The Morgan fingerprint density at radius 2 is 1.81 bits per heavy atom. The number of rotatable bonds is 0. The van der Waals surface area contributed by atoms with Crippen LogP contribution in [-0.2, 0) is 9.53 Å². The third-order valence-corrected chi connectivity index (χ3v) is 8.42. The Bertz CT molecular complexity index is 623. The van der Waals surface area contributed by atoms with Gasteiger partial charge in [0.1, 0.15) is 11.4 Å². The predicted octanol–water partition coefficient (Wildman–Crippen LogP) is 4.81. The van der Waals surface area contributed by atoms with Crippen LogP contribution in [0.25, 0.3) is 0 Å². The van der Waals surface area contributed by atoms with Gasteiger partial charge in [-0.25, -0.2) is 4.79 Å². The van der Waals surface area contributed by atoms with E-state index in [-0.39, 0.29) is 16.9 Å². The Balaban J connectivity index is 1.56. The van der Waals surface area contributed by atoms with Gasteiger partial charge in [-0.05, 0) is 82.5 Å². The molecule has 1 saturated heterocycles. The molecule has 1 heterocycles. The highest BCUT2D eigenvalue weighted by Gasteiger charge is 2.62. The molecule has 26 heavy (non-hydrogen) atoms. The van der Waals surface area contributed by atoms with E-state index in [1.807, 2.05) is 25.7 Å². The Hall–Kier alpha value is -1.06. The molecule has 3 aliphatic carbocycles. The number of carbonyl (C=O) groups is 2. The summed E-state index contributed by atoms with van der Waals surface area (Å²) in [5.41, 5.74) is -0.315. The molecule has 4 rings (SSSR count). The van der Waals surface area contributed by atoms with Gasteiger partial charge in [-0.15, -0.1) is 0 Å². The summed E-state index contributed by atoms with van der Waals surface area (Å²) in [5.74, 6) is 2.40. The smallest absolute Gasteiger partial charge is 0.410 e. The van der Waals surface area contributed by atoms with Crippen molar-refractivity contribution >= 4 is 11.9 Å². The van der Waals surface area contributed by atoms with Crippen LogP contribution in [0.1, 0.15) is 79.6 Å². The van der Waals surface area contributed by atoms with Gasteiger partial charge in [-0.1, -0.05) is 13.8 Å². The molecule has 1 amide bonds. The quantitative estimate of drug-likeness (QED) is 0.622. The van der Waals surface area contributed by atoms with Crippen LogP contribution in [0.15, 0.2) is 0 Å². The van der Waals surface area contributed by atoms with E-state index in [1.165, 1.54) is 0 Å². The average Bonchev–Trinajstić information content (AvgIpc) is 3.03. The summed E-state index contributed by atoms with van der Waals surface area (Å²) >= 11 is 0. The number of carbonyl (C=O) groups excluding carboxylic acids is 2. The van der Waals surface area contributed by atoms with Crippen LogP contribution in [0.4, 0.5) is 4.79 Å². The molecule has 146 valence electrons. The number of hydrogen-bond donors (Lipinski definition) is 0. The fourth-order valence-corrected chi connectivity index (χ4v) is 7.13. The van der Waals surface area contributed by atoms with Crippen LogP contribution in [0.2, 0.25) is 0 Å². The minimum absolute atomic E-state index is 0.0617. The van der Waals surface area contributed by atoms with Gasteiger partial charge in [0.15, 0.2) is 0 Å². The summed E-state index contributed by atoms with van der Waals surface area (Å²) < 4.78 is 5.69. The first kappa shape index (κ1) is 18.3. The third-order valence-electron chi connectivity index (χ3n) is 8.42. The fourth-order valence-electron chi connectivity index (χ4n) is 7.13. The fraction of sp³-hybridized carbons (Fsp3) is 0.909. The molecule has 3 saturated carbocycles. The SMILES string of the molecule is CC(C)(C)OC(=O)N1CC[C@@]2(C)C1CC[C@@H]1[C@@H]2CC[C@]2(C)C(=O)CC[C@@H]12. The maximum absolute atomic E-state index is 12.8. The molecule has 1 unspecified atom stereocenters. The van der Waals surface area contributed by atoms with Crippen LogP contribution >= 0.6 is 0 Å². The molecule has 4 fully saturated rings. The van der Waals surface area contributed by atoms with Crippen LogP contribution in [0.3, 0.4) is 0 Å². The molecular formula is C22H35NO3. The van der Waals surface area contributed by atoms with Crippen LogP contribution in [0.5, 0.6) is 0 Å². The Kier molecular flexibility index (Phi) is 4.03. The first-order valence-electron chi connectivity index (χ1n) is 10.6. The lowest BCUT2D eigenvalue weighted by atomic mass is 9.49. The Morgan fingerprint density at radius 3 is 2.50 bits per heavy atom. The topological polar surface area (TPSA) is 46.6 Å². The summed E-state index contributed by atoms with van der Waals surface area (Å²) in [7, 11) is 0. The molecule has 4 aliphatic rings. The third kappa shape index (κ3) is 2.54. The number of hydrogen-bond acceptors (Lipinski definition) is 3. The van der Waals surface area contributed by atoms with E-state index in [0.717, 1.165) is 51.5 Å². The van der Waals surface area contributed by atoms with Gasteiger partial charge in [0.2, 0.25) is 0 Å². The van der Waals surface area contributed by atoms with Gasteiger partial charge >= 0.3 is 6.09 Å². The average molecular weight is 362 g/mol. The largest absolute Gasteiger partial charge is 0.444 e. The van der Waals surface area contributed by atoms with E-state index < -0.39 is 5.60 Å². The zero-order valence-corrected chi connectivity index (χ0v) is 17.1. The van der Waals surface area contributed by atoms with Crippen LogP contribution < -0.4 is 0 Å². The van der Waals surface area contributed by atoms with Crippen LogP contribution in [-0.4, -0.2) is 35.0 Å². The first-order chi connectivity index (χ1) is 12.1. The monoisotopic (exact) mass is 361 g/mol. The maximum atomic E-state index is 12.8. The van der Waals surface area contributed by atoms with E-state index >= 15 is 0 Å². The van der Waals surface area contributed by atoms with Crippen molar-refractivity contribution < 1.29 is 14.3 Å². The van der Waals surface area contributed by atoms with Crippen molar-refractivity contribution in [2.45, 2.75) is 91.2 Å². The van der Waals surface area contributed by atoms with Gasteiger partial charge in [0.25, 0.3) is 0 Å². The minimum atomic E-state index is -0.440. The summed E-state index contributed by atoms with van der Waals surface area (Å²) in [6, 6.07) is 0.306. The lowest BCUT2D eigenvalue weighted by Gasteiger charge is -2.56. The van der Waals surface area contributed by atoms with Gasteiger partial charge in [-0.2, -0.15) is 0 Å². The molecular weight excluding hydrogens is 326 g/mol. The van der Waals surface area contributed by atoms with Gasteiger partial charge in [0, 0.05) is 24.4 Å². The molecule has 1 aliphatic heterocycles. The zero-order chi connectivity index (χ0) is 18.9.